The summed E-state index contributed by atoms with van der Waals surface area (Å²) in [6.07, 6.45) is 0.894. The van der Waals surface area contributed by atoms with E-state index in [9.17, 15) is 4.39 Å². The molecule has 0 aliphatic carbocycles. The van der Waals surface area contributed by atoms with Crippen LogP contribution in [0.4, 0.5) is 15.2 Å². The number of nitrogens with one attached hydrogen (secondary N) is 2. The molecular weight excluding hydrogens is 367 g/mol. The number of thioether (sulfide) groups is 1. The number of rotatable bonds is 5. The predicted octanol–water partition coefficient (Wildman–Crippen LogP) is 4.80. The summed E-state index contributed by atoms with van der Waals surface area (Å²) in [5.41, 5.74) is 3.04. The Morgan fingerprint density at radius 3 is 2.88 bits per heavy atom. The van der Waals surface area contributed by atoms with Crippen molar-refractivity contribution in [2.45, 2.75) is 19.4 Å². The Bertz CT molecular complexity index is 936. The molecule has 0 amide bonds. The highest BCUT2D eigenvalue weighted by Crippen LogP contribution is 2.26. The molecule has 1 fully saturated rings. The number of anilines is 1. The average molecular weight is 387 g/mol. The Morgan fingerprint density at radius 2 is 2.12 bits per heavy atom. The Hall–Kier alpha value is -2.12. The highest BCUT2D eigenvalue weighted by molar-refractivity contribution is 8.14. The number of fused-ring (bicyclic) bond motifs is 1. The van der Waals surface area contributed by atoms with Gasteiger partial charge in [0.25, 0.3) is 0 Å². The summed E-state index contributed by atoms with van der Waals surface area (Å²) in [6.45, 7) is 2.94. The fourth-order valence-electron chi connectivity index (χ4n) is 2.70. The third-order valence-electron chi connectivity index (χ3n) is 4.05. The van der Waals surface area contributed by atoms with Gasteiger partial charge in [0.05, 0.1) is 15.9 Å². The van der Waals surface area contributed by atoms with Crippen LogP contribution in [0.1, 0.15) is 12.5 Å². The summed E-state index contributed by atoms with van der Waals surface area (Å²) >= 11 is 3.24. The van der Waals surface area contributed by atoms with E-state index in [0.29, 0.717) is 6.04 Å². The van der Waals surface area contributed by atoms with Gasteiger partial charge < -0.3 is 10.6 Å². The summed E-state index contributed by atoms with van der Waals surface area (Å²) in [5, 5.41) is 8.51. The molecule has 0 unspecified atom stereocenters. The summed E-state index contributed by atoms with van der Waals surface area (Å²) in [7, 11) is 0. The second-order valence-electron chi connectivity index (χ2n) is 6.25. The van der Waals surface area contributed by atoms with E-state index in [2.05, 4.69) is 39.7 Å². The summed E-state index contributed by atoms with van der Waals surface area (Å²) in [5.74, 6) is 0.845. The Morgan fingerprint density at radius 1 is 1.27 bits per heavy atom. The van der Waals surface area contributed by atoms with Gasteiger partial charge in [-0.2, -0.15) is 0 Å². The second kappa shape index (κ2) is 7.63. The molecular formula is C19H19FN4S2. The fourth-order valence-corrected chi connectivity index (χ4v) is 4.57. The molecule has 2 heterocycles. The van der Waals surface area contributed by atoms with Crippen LogP contribution in [0.25, 0.3) is 10.2 Å². The molecule has 4 nitrogen and oxygen atoms in total. The molecule has 1 saturated heterocycles. The molecule has 4 rings (SSSR count). The molecule has 0 bridgehead atoms. The van der Waals surface area contributed by atoms with Gasteiger partial charge in [0, 0.05) is 18.3 Å². The number of hydrogen-bond acceptors (Lipinski definition) is 5. The van der Waals surface area contributed by atoms with E-state index >= 15 is 0 Å². The molecule has 0 radical (unpaired) electrons. The minimum atomic E-state index is -0.225. The number of amidine groups is 1. The number of aromatic nitrogens is 1. The lowest BCUT2D eigenvalue weighted by molar-refractivity contribution is 0.630. The van der Waals surface area contributed by atoms with Gasteiger partial charge in [0.2, 0.25) is 0 Å². The Labute approximate surface area is 159 Å². The van der Waals surface area contributed by atoms with Crippen LogP contribution in [0.5, 0.6) is 0 Å². The van der Waals surface area contributed by atoms with Crippen LogP contribution < -0.4 is 10.6 Å². The highest BCUT2D eigenvalue weighted by Gasteiger charge is 2.15. The van der Waals surface area contributed by atoms with E-state index in [1.54, 1.807) is 17.8 Å². The molecule has 1 atom stereocenters. The van der Waals surface area contributed by atoms with Crippen molar-refractivity contribution in [2.24, 2.45) is 4.99 Å². The van der Waals surface area contributed by atoms with Gasteiger partial charge in [-0.3, -0.25) is 0 Å². The van der Waals surface area contributed by atoms with Gasteiger partial charge in [0.15, 0.2) is 10.3 Å². The average Bonchev–Trinajstić information content (AvgIpc) is 3.21. The van der Waals surface area contributed by atoms with E-state index in [1.807, 2.05) is 12.1 Å². The maximum absolute atomic E-state index is 13.2. The van der Waals surface area contributed by atoms with E-state index < -0.39 is 0 Å². The quantitative estimate of drug-likeness (QED) is 0.661. The van der Waals surface area contributed by atoms with Gasteiger partial charge >= 0.3 is 0 Å². The lowest BCUT2D eigenvalue weighted by Crippen LogP contribution is -2.22. The lowest BCUT2D eigenvalue weighted by atomic mass is 10.1. The molecule has 1 aromatic heterocycles. The van der Waals surface area contributed by atoms with Gasteiger partial charge in [-0.15, -0.1) is 0 Å². The first-order valence-corrected chi connectivity index (χ1v) is 10.3. The number of aliphatic imine (C=N–C) groups is 1. The monoisotopic (exact) mass is 386 g/mol. The largest absolute Gasteiger partial charge is 0.361 e. The molecule has 1 aliphatic rings. The van der Waals surface area contributed by atoms with E-state index in [4.69, 9.17) is 0 Å². The van der Waals surface area contributed by atoms with Crippen LogP contribution >= 0.6 is 23.1 Å². The van der Waals surface area contributed by atoms with E-state index in [-0.39, 0.29) is 5.82 Å². The second-order valence-corrected chi connectivity index (χ2v) is 8.29. The van der Waals surface area contributed by atoms with Crippen molar-refractivity contribution in [3.05, 3.63) is 53.8 Å². The predicted molar refractivity (Wildman–Crippen MR) is 110 cm³/mol. The van der Waals surface area contributed by atoms with Gasteiger partial charge in [-0.05, 0) is 49.2 Å². The topological polar surface area (TPSA) is 49.3 Å². The molecule has 7 heteroatoms. The number of thiazole rings is 1. The van der Waals surface area contributed by atoms with E-state index in [1.165, 1.54) is 29.0 Å². The summed E-state index contributed by atoms with van der Waals surface area (Å²) in [6, 6.07) is 13.5. The third-order valence-corrected chi connectivity index (χ3v) is 6.17. The van der Waals surface area contributed by atoms with Crippen molar-refractivity contribution in [3.8, 4) is 0 Å². The van der Waals surface area contributed by atoms with Crippen LogP contribution in [0.15, 0.2) is 47.5 Å². The molecule has 2 N–H and O–H groups in total. The number of nitrogens with zero attached hydrogens (tertiary/aromatic N) is 2. The third kappa shape index (κ3) is 4.16. The normalized spacial score (nSPS) is 18.4. The highest BCUT2D eigenvalue weighted by atomic mass is 32.2. The molecule has 0 spiro atoms. The van der Waals surface area contributed by atoms with Crippen LogP contribution in [-0.2, 0) is 6.42 Å². The number of hydrogen-bond donors (Lipinski definition) is 2. The van der Waals surface area contributed by atoms with Gasteiger partial charge in [0.1, 0.15) is 5.82 Å². The first kappa shape index (κ1) is 17.3. The minimum Gasteiger partial charge on any atom is -0.361 e. The van der Waals surface area contributed by atoms with Crippen molar-refractivity contribution >= 4 is 49.3 Å². The van der Waals surface area contributed by atoms with Crippen molar-refractivity contribution in [1.82, 2.24) is 10.3 Å². The molecule has 0 saturated carbocycles. The van der Waals surface area contributed by atoms with Gasteiger partial charge in [-0.25, -0.2) is 14.4 Å². The zero-order chi connectivity index (χ0) is 17.9. The fraction of sp³-hybridized carbons (Fsp3) is 0.263. The maximum Gasteiger partial charge on any atom is 0.183 e. The molecule has 26 heavy (non-hydrogen) atoms. The van der Waals surface area contributed by atoms with Crippen molar-refractivity contribution in [2.75, 3.05) is 17.6 Å². The zero-order valence-electron chi connectivity index (χ0n) is 14.3. The first-order valence-electron chi connectivity index (χ1n) is 8.53. The molecule has 134 valence electrons. The minimum absolute atomic E-state index is 0.225. The van der Waals surface area contributed by atoms with Crippen LogP contribution in [-0.4, -0.2) is 28.5 Å². The molecule has 1 aliphatic heterocycles. The number of benzene rings is 2. The van der Waals surface area contributed by atoms with Crippen molar-refractivity contribution < 1.29 is 4.39 Å². The Kier molecular flexibility index (Phi) is 5.08. The SMILES string of the molecule is C[C@@H]1CS/C(=N\c2ccc(CCNc3nc4ccc(F)cc4s3)cc2)N1. The lowest BCUT2D eigenvalue weighted by Gasteiger charge is -2.04. The van der Waals surface area contributed by atoms with Gasteiger partial charge in [-0.1, -0.05) is 35.2 Å². The number of halogens is 1. The smallest absolute Gasteiger partial charge is 0.183 e. The van der Waals surface area contributed by atoms with Crippen molar-refractivity contribution in [1.29, 1.82) is 0 Å². The first-order chi connectivity index (χ1) is 12.7. The van der Waals surface area contributed by atoms with Crippen molar-refractivity contribution in [3.63, 3.8) is 0 Å². The molecule has 2 aromatic carbocycles. The maximum atomic E-state index is 13.2. The standard InChI is InChI=1S/C19H19FN4S2/c1-12-11-25-19(22-12)23-15-5-2-13(3-6-15)8-9-21-18-24-16-7-4-14(20)10-17(16)26-18/h2-7,10,12H,8-9,11H2,1H3,(H,21,24)(H,22,23)/t12-/m1/s1. The summed E-state index contributed by atoms with van der Waals surface area (Å²) < 4.78 is 14.1. The van der Waals surface area contributed by atoms with Crippen LogP contribution in [0.2, 0.25) is 0 Å². The van der Waals surface area contributed by atoms with Crippen LogP contribution in [0, 0.1) is 5.82 Å². The molecule has 3 aromatic rings. The van der Waals surface area contributed by atoms with E-state index in [0.717, 1.165) is 44.9 Å². The Balaban J connectivity index is 1.32. The zero-order valence-corrected chi connectivity index (χ0v) is 16.0. The summed E-state index contributed by atoms with van der Waals surface area (Å²) in [4.78, 5) is 9.10. The van der Waals surface area contributed by atoms with Crippen LogP contribution in [0.3, 0.4) is 0 Å².